The fourth-order valence-corrected chi connectivity index (χ4v) is 2.48. The van der Waals surface area contributed by atoms with Crippen LogP contribution in [0.3, 0.4) is 0 Å². The Hall–Kier alpha value is -0.340. The van der Waals surface area contributed by atoms with Crippen LogP contribution < -0.4 is 5.73 Å². The van der Waals surface area contributed by atoms with E-state index in [1.54, 1.807) is 0 Å². The maximum absolute atomic E-state index is 5.91. The first-order chi connectivity index (χ1) is 6.66. The normalized spacial score (nSPS) is 20.5. The maximum Gasteiger partial charge on any atom is 0.0178 e. The predicted octanol–water partition coefficient (Wildman–Crippen LogP) is 3.08. The molecule has 1 nitrogen and oxygen atoms in total. The van der Waals surface area contributed by atoms with Gasteiger partial charge in [-0.1, -0.05) is 35.0 Å². The standard InChI is InChI=1S/C12H16BrN/c1-12(8-14,9-5-6-9)10-3-2-4-11(13)7-10/h2-4,7,9H,5-6,8,14H2,1H3. The van der Waals surface area contributed by atoms with Gasteiger partial charge in [-0.15, -0.1) is 0 Å². The summed E-state index contributed by atoms with van der Waals surface area (Å²) in [5.41, 5.74) is 7.47. The second-order valence-electron chi connectivity index (χ2n) is 4.41. The van der Waals surface area contributed by atoms with Gasteiger partial charge in [0.15, 0.2) is 0 Å². The van der Waals surface area contributed by atoms with Crippen LogP contribution in [0.2, 0.25) is 0 Å². The molecule has 0 bridgehead atoms. The van der Waals surface area contributed by atoms with Crippen molar-refractivity contribution in [3.05, 3.63) is 34.3 Å². The van der Waals surface area contributed by atoms with Crippen LogP contribution in [0, 0.1) is 5.92 Å². The van der Waals surface area contributed by atoms with Gasteiger partial charge in [0.1, 0.15) is 0 Å². The Bertz CT molecular complexity index is 333. The summed E-state index contributed by atoms with van der Waals surface area (Å²) in [7, 11) is 0. The summed E-state index contributed by atoms with van der Waals surface area (Å²) in [6.07, 6.45) is 2.67. The van der Waals surface area contributed by atoms with Gasteiger partial charge in [-0.3, -0.25) is 0 Å². The molecule has 1 aliphatic rings. The lowest BCUT2D eigenvalue weighted by molar-refractivity contribution is 0.420. The van der Waals surface area contributed by atoms with Crippen molar-refractivity contribution in [2.75, 3.05) is 6.54 Å². The van der Waals surface area contributed by atoms with Crippen molar-refractivity contribution in [3.8, 4) is 0 Å². The Balaban J connectivity index is 2.35. The van der Waals surface area contributed by atoms with Gasteiger partial charge in [-0.2, -0.15) is 0 Å². The smallest absolute Gasteiger partial charge is 0.0178 e. The van der Waals surface area contributed by atoms with E-state index in [1.165, 1.54) is 18.4 Å². The van der Waals surface area contributed by atoms with Gasteiger partial charge in [-0.25, -0.2) is 0 Å². The summed E-state index contributed by atoms with van der Waals surface area (Å²) >= 11 is 3.51. The average molecular weight is 254 g/mol. The molecule has 2 rings (SSSR count). The molecule has 1 saturated carbocycles. The van der Waals surface area contributed by atoms with Gasteiger partial charge >= 0.3 is 0 Å². The molecule has 0 radical (unpaired) electrons. The third kappa shape index (κ3) is 1.73. The summed E-state index contributed by atoms with van der Waals surface area (Å²) in [6, 6.07) is 8.55. The predicted molar refractivity (Wildman–Crippen MR) is 63.3 cm³/mol. The SMILES string of the molecule is CC(CN)(c1cccc(Br)c1)C1CC1. The summed E-state index contributed by atoms with van der Waals surface area (Å²) in [6.45, 7) is 3.03. The first-order valence-electron chi connectivity index (χ1n) is 5.13. The van der Waals surface area contributed by atoms with E-state index in [-0.39, 0.29) is 5.41 Å². The molecule has 1 unspecified atom stereocenters. The van der Waals surface area contributed by atoms with E-state index < -0.39 is 0 Å². The average Bonchev–Trinajstić information content (AvgIpc) is 3.00. The maximum atomic E-state index is 5.91. The van der Waals surface area contributed by atoms with Crippen molar-refractivity contribution in [1.29, 1.82) is 0 Å². The minimum atomic E-state index is 0.184. The van der Waals surface area contributed by atoms with Crippen LogP contribution in [0.15, 0.2) is 28.7 Å². The van der Waals surface area contributed by atoms with Gasteiger partial charge in [0.25, 0.3) is 0 Å². The zero-order valence-electron chi connectivity index (χ0n) is 8.46. The van der Waals surface area contributed by atoms with Crippen LogP contribution in [0.5, 0.6) is 0 Å². The minimum absolute atomic E-state index is 0.184. The third-order valence-corrected chi connectivity index (χ3v) is 3.88. The zero-order valence-corrected chi connectivity index (χ0v) is 10.0. The van der Waals surface area contributed by atoms with Crippen LogP contribution in [0.25, 0.3) is 0 Å². The lowest BCUT2D eigenvalue weighted by Gasteiger charge is -2.28. The molecule has 76 valence electrons. The van der Waals surface area contributed by atoms with Crippen molar-refractivity contribution in [3.63, 3.8) is 0 Å². The van der Waals surface area contributed by atoms with E-state index in [4.69, 9.17) is 5.73 Å². The number of hydrogen-bond donors (Lipinski definition) is 1. The Morgan fingerprint density at radius 2 is 2.21 bits per heavy atom. The molecule has 2 N–H and O–H groups in total. The largest absolute Gasteiger partial charge is 0.330 e. The van der Waals surface area contributed by atoms with Crippen molar-refractivity contribution in [1.82, 2.24) is 0 Å². The molecule has 1 aliphatic carbocycles. The van der Waals surface area contributed by atoms with E-state index in [0.29, 0.717) is 0 Å². The second-order valence-corrected chi connectivity index (χ2v) is 5.32. The number of halogens is 1. The molecule has 1 aromatic carbocycles. The second kappa shape index (κ2) is 3.67. The summed E-state index contributed by atoms with van der Waals surface area (Å²) in [5, 5.41) is 0. The molecular weight excluding hydrogens is 238 g/mol. The minimum Gasteiger partial charge on any atom is -0.330 e. The summed E-state index contributed by atoms with van der Waals surface area (Å²) < 4.78 is 1.15. The first kappa shape index (κ1) is 10.2. The molecule has 0 saturated heterocycles. The molecule has 0 aromatic heterocycles. The Morgan fingerprint density at radius 1 is 1.50 bits per heavy atom. The van der Waals surface area contributed by atoms with E-state index in [0.717, 1.165) is 16.9 Å². The molecule has 0 heterocycles. The Morgan fingerprint density at radius 3 is 2.71 bits per heavy atom. The Labute approximate surface area is 93.8 Å². The van der Waals surface area contributed by atoms with Crippen LogP contribution in [-0.2, 0) is 5.41 Å². The summed E-state index contributed by atoms with van der Waals surface area (Å²) in [5.74, 6) is 0.793. The number of hydrogen-bond acceptors (Lipinski definition) is 1. The highest BCUT2D eigenvalue weighted by molar-refractivity contribution is 9.10. The third-order valence-electron chi connectivity index (χ3n) is 3.39. The zero-order chi connectivity index (χ0) is 10.2. The fraction of sp³-hybridized carbons (Fsp3) is 0.500. The fourth-order valence-electron chi connectivity index (χ4n) is 2.08. The molecule has 0 amide bonds. The highest BCUT2D eigenvalue weighted by Crippen LogP contribution is 2.46. The summed E-state index contributed by atoms with van der Waals surface area (Å²) in [4.78, 5) is 0. The van der Waals surface area contributed by atoms with Crippen LogP contribution in [0.1, 0.15) is 25.3 Å². The molecule has 0 aliphatic heterocycles. The van der Waals surface area contributed by atoms with Gasteiger partial charge in [0, 0.05) is 16.4 Å². The lowest BCUT2D eigenvalue weighted by atomic mass is 9.78. The van der Waals surface area contributed by atoms with Gasteiger partial charge in [0.05, 0.1) is 0 Å². The van der Waals surface area contributed by atoms with Crippen molar-refractivity contribution >= 4 is 15.9 Å². The molecule has 0 spiro atoms. The molecular formula is C12H16BrN. The highest BCUT2D eigenvalue weighted by atomic mass is 79.9. The highest BCUT2D eigenvalue weighted by Gasteiger charge is 2.41. The van der Waals surface area contributed by atoms with E-state index in [9.17, 15) is 0 Å². The molecule has 1 fully saturated rings. The van der Waals surface area contributed by atoms with Gasteiger partial charge in [-0.05, 0) is 36.5 Å². The van der Waals surface area contributed by atoms with E-state index in [1.807, 2.05) is 0 Å². The van der Waals surface area contributed by atoms with Crippen LogP contribution in [0.4, 0.5) is 0 Å². The van der Waals surface area contributed by atoms with Crippen LogP contribution in [-0.4, -0.2) is 6.54 Å². The molecule has 14 heavy (non-hydrogen) atoms. The van der Waals surface area contributed by atoms with E-state index in [2.05, 4.69) is 47.1 Å². The number of nitrogens with two attached hydrogens (primary N) is 1. The van der Waals surface area contributed by atoms with E-state index >= 15 is 0 Å². The quantitative estimate of drug-likeness (QED) is 0.881. The molecule has 1 aromatic rings. The van der Waals surface area contributed by atoms with Crippen molar-refractivity contribution < 1.29 is 0 Å². The van der Waals surface area contributed by atoms with Crippen molar-refractivity contribution in [2.24, 2.45) is 11.7 Å². The number of benzene rings is 1. The monoisotopic (exact) mass is 253 g/mol. The molecule has 1 atom stereocenters. The first-order valence-corrected chi connectivity index (χ1v) is 5.92. The number of rotatable bonds is 3. The topological polar surface area (TPSA) is 26.0 Å². The van der Waals surface area contributed by atoms with Crippen LogP contribution >= 0.6 is 15.9 Å². The lowest BCUT2D eigenvalue weighted by Crippen LogP contribution is -2.34. The molecule has 2 heteroatoms. The van der Waals surface area contributed by atoms with Crippen molar-refractivity contribution in [2.45, 2.75) is 25.2 Å². The Kier molecular flexibility index (Phi) is 2.67. The van der Waals surface area contributed by atoms with Gasteiger partial charge < -0.3 is 5.73 Å². The van der Waals surface area contributed by atoms with Gasteiger partial charge in [0.2, 0.25) is 0 Å².